The third-order valence-corrected chi connectivity index (χ3v) is 1.14. The first-order valence-electron chi connectivity index (χ1n) is 3.98. The number of hydrogen-bond acceptors (Lipinski definition) is 2. The van der Waals surface area contributed by atoms with E-state index in [2.05, 4.69) is 11.2 Å². The van der Waals surface area contributed by atoms with Crippen LogP contribution in [0.5, 0.6) is 0 Å². The lowest BCUT2D eigenvalue weighted by Crippen LogP contribution is -2.29. The smallest absolute Gasteiger partial charge is 0.246 e. The van der Waals surface area contributed by atoms with Gasteiger partial charge in [-0.05, 0) is 13.8 Å². The Labute approximate surface area is 73.5 Å². The normalized spacial score (nSPS) is 9.50. The van der Waals surface area contributed by atoms with Gasteiger partial charge in [0.25, 0.3) is 0 Å². The summed E-state index contributed by atoms with van der Waals surface area (Å²) < 4.78 is 5.07. The van der Waals surface area contributed by atoms with Crippen LogP contribution in [0.2, 0.25) is 0 Å². The van der Waals surface area contributed by atoms with Crippen LogP contribution in [0.3, 0.4) is 0 Å². The second kappa shape index (κ2) is 6.68. The van der Waals surface area contributed by atoms with E-state index in [-0.39, 0.29) is 18.6 Å². The van der Waals surface area contributed by atoms with Crippen molar-refractivity contribution in [3.8, 4) is 12.3 Å². The van der Waals surface area contributed by atoms with Gasteiger partial charge in [-0.1, -0.05) is 0 Å². The van der Waals surface area contributed by atoms with Gasteiger partial charge in [0, 0.05) is 13.0 Å². The molecule has 12 heavy (non-hydrogen) atoms. The van der Waals surface area contributed by atoms with E-state index in [1.54, 1.807) is 0 Å². The van der Waals surface area contributed by atoms with E-state index < -0.39 is 0 Å². The van der Waals surface area contributed by atoms with E-state index in [0.29, 0.717) is 13.0 Å². The molecule has 0 saturated carbocycles. The highest BCUT2D eigenvalue weighted by Gasteiger charge is 2.00. The molecule has 1 amide bonds. The molecule has 0 aliphatic rings. The molecule has 68 valence electrons. The van der Waals surface area contributed by atoms with Crippen LogP contribution in [0.4, 0.5) is 0 Å². The molecule has 1 N–H and O–H groups in total. The quantitative estimate of drug-likeness (QED) is 0.482. The lowest BCUT2D eigenvalue weighted by Gasteiger charge is -2.06. The molecule has 0 aliphatic carbocycles. The second-order valence-corrected chi connectivity index (χ2v) is 2.66. The summed E-state index contributed by atoms with van der Waals surface area (Å²) in [7, 11) is 0. The van der Waals surface area contributed by atoms with Gasteiger partial charge in [0.15, 0.2) is 0 Å². The summed E-state index contributed by atoms with van der Waals surface area (Å²) in [6.45, 7) is 4.41. The maximum atomic E-state index is 10.9. The molecule has 0 atom stereocenters. The highest BCUT2D eigenvalue weighted by atomic mass is 16.5. The van der Waals surface area contributed by atoms with Gasteiger partial charge in [-0.15, -0.1) is 12.3 Å². The molecule has 0 aromatic carbocycles. The molecule has 0 spiro atoms. The average molecular weight is 169 g/mol. The van der Waals surface area contributed by atoms with E-state index in [1.807, 2.05) is 13.8 Å². The molecular weight excluding hydrogens is 154 g/mol. The SMILES string of the molecule is C#CCCNC(=O)COC(C)C. The zero-order valence-corrected chi connectivity index (χ0v) is 7.59. The summed E-state index contributed by atoms with van der Waals surface area (Å²) in [6.07, 6.45) is 5.65. The van der Waals surface area contributed by atoms with Crippen molar-refractivity contribution in [2.75, 3.05) is 13.2 Å². The molecule has 0 fully saturated rings. The van der Waals surface area contributed by atoms with Crippen molar-refractivity contribution in [2.45, 2.75) is 26.4 Å². The van der Waals surface area contributed by atoms with Gasteiger partial charge in [-0.25, -0.2) is 0 Å². The second-order valence-electron chi connectivity index (χ2n) is 2.66. The van der Waals surface area contributed by atoms with Crippen LogP contribution in [0.15, 0.2) is 0 Å². The molecule has 0 rings (SSSR count). The Bertz CT molecular complexity index is 170. The van der Waals surface area contributed by atoms with Crippen molar-refractivity contribution in [3.63, 3.8) is 0 Å². The summed E-state index contributed by atoms with van der Waals surface area (Å²) in [5.41, 5.74) is 0. The summed E-state index contributed by atoms with van der Waals surface area (Å²) >= 11 is 0. The number of nitrogens with one attached hydrogen (secondary N) is 1. The first-order valence-corrected chi connectivity index (χ1v) is 3.98. The fourth-order valence-corrected chi connectivity index (χ4v) is 0.567. The molecule has 0 saturated heterocycles. The predicted molar refractivity (Wildman–Crippen MR) is 47.5 cm³/mol. The molecular formula is C9H15NO2. The van der Waals surface area contributed by atoms with Crippen LogP contribution in [-0.4, -0.2) is 25.2 Å². The Morgan fingerprint density at radius 1 is 1.67 bits per heavy atom. The van der Waals surface area contributed by atoms with Crippen LogP contribution in [0, 0.1) is 12.3 Å². The topological polar surface area (TPSA) is 38.3 Å². The first kappa shape index (κ1) is 11.0. The summed E-state index contributed by atoms with van der Waals surface area (Å²) in [4.78, 5) is 10.9. The lowest BCUT2D eigenvalue weighted by atomic mass is 10.4. The van der Waals surface area contributed by atoms with E-state index in [9.17, 15) is 4.79 Å². The van der Waals surface area contributed by atoms with Gasteiger partial charge in [-0.3, -0.25) is 4.79 Å². The standard InChI is InChI=1S/C9H15NO2/c1-4-5-6-10-9(11)7-12-8(2)3/h1,8H,5-7H2,2-3H3,(H,10,11). The van der Waals surface area contributed by atoms with Gasteiger partial charge in [0.05, 0.1) is 6.10 Å². The van der Waals surface area contributed by atoms with Crippen molar-refractivity contribution < 1.29 is 9.53 Å². The molecule has 3 heteroatoms. The van der Waals surface area contributed by atoms with Crippen molar-refractivity contribution in [2.24, 2.45) is 0 Å². The van der Waals surface area contributed by atoms with Gasteiger partial charge in [-0.2, -0.15) is 0 Å². The number of ether oxygens (including phenoxy) is 1. The predicted octanol–water partition coefficient (Wildman–Crippen LogP) is 0.551. The molecule has 0 unspecified atom stereocenters. The van der Waals surface area contributed by atoms with Crippen molar-refractivity contribution >= 4 is 5.91 Å². The molecule has 0 aromatic rings. The highest BCUT2D eigenvalue weighted by molar-refractivity contribution is 5.77. The highest BCUT2D eigenvalue weighted by Crippen LogP contribution is 1.86. The number of hydrogen-bond donors (Lipinski definition) is 1. The lowest BCUT2D eigenvalue weighted by molar-refractivity contribution is -0.127. The molecule has 0 bridgehead atoms. The van der Waals surface area contributed by atoms with E-state index in [4.69, 9.17) is 11.2 Å². The first-order chi connectivity index (χ1) is 5.66. The molecule has 0 radical (unpaired) electrons. The number of carbonyl (C=O) groups excluding carboxylic acids is 1. The van der Waals surface area contributed by atoms with Crippen molar-refractivity contribution in [3.05, 3.63) is 0 Å². The van der Waals surface area contributed by atoms with Crippen LogP contribution in [0.1, 0.15) is 20.3 Å². The minimum absolute atomic E-state index is 0.0865. The molecule has 3 nitrogen and oxygen atoms in total. The Kier molecular flexibility index (Phi) is 6.12. The van der Waals surface area contributed by atoms with Gasteiger partial charge < -0.3 is 10.1 Å². The summed E-state index contributed by atoms with van der Waals surface area (Å²) in [6, 6.07) is 0. The summed E-state index contributed by atoms with van der Waals surface area (Å²) in [5, 5.41) is 2.63. The van der Waals surface area contributed by atoms with Gasteiger partial charge in [0.2, 0.25) is 5.91 Å². The third-order valence-electron chi connectivity index (χ3n) is 1.14. The molecule has 0 heterocycles. The number of terminal acetylenes is 1. The number of amides is 1. The monoisotopic (exact) mass is 169 g/mol. The zero-order valence-electron chi connectivity index (χ0n) is 7.59. The Balaban J connectivity index is 3.29. The van der Waals surface area contributed by atoms with E-state index >= 15 is 0 Å². The van der Waals surface area contributed by atoms with Crippen molar-refractivity contribution in [1.82, 2.24) is 5.32 Å². The van der Waals surface area contributed by atoms with Crippen LogP contribution >= 0.6 is 0 Å². The fraction of sp³-hybridized carbons (Fsp3) is 0.667. The van der Waals surface area contributed by atoms with Crippen molar-refractivity contribution in [1.29, 1.82) is 0 Å². The zero-order chi connectivity index (χ0) is 9.40. The summed E-state index contributed by atoms with van der Waals surface area (Å²) in [5.74, 6) is 2.32. The van der Waals surface area contributed by atoms with E-state index in [1.165, 1.54) is 0 Å². The molecule has 0 aliphatic heterocycles. The van der Waals surface area contributed by atoms with Gasteiger partial charge in [0.1, 0.15) is 6.61 Å². The molecule has 0 aromatic heterocycles. The largest absolute Gasteiger partial charge is 0.369 e. The average Bonchev–Trinajstić information content (AvgIpc) is 2.01. The Morgan fingerprint density at radius 2 is 2.33 bits per heavy atom. The Morgan fingerprint density at radius 3 is 2.83 bits per heavy atom. The van der Waals surface area contributed by atoms with Crippen LogP contribution in [0.25, 0.3) is 0 Å². The number of carbonyl (C=O) groups is 1. The van der Waals surface area contributed by atoms with E-state index in [0.717, 1.165) is 0 Å². The third kappa shape index (κ3) is 7.10. The minimum Gasteiger partial charge on any atom is -0.369 e. The maximum Gasteiger partial charge on any atom is 0.246 e. The Hall–Kier alpha value is -1.01. The fourth-order valence-electron chi connectivity index (χ4n) is 0.567. The van der Waals surface area contributed by atoms with Crippen LogP contribution < -0.4 is 5.32 Å². The maximum absolute atomic E-state index is 10.9. The van der Waals surface area contributed by atoms with Gasteiger partial charge >= 0.3 is 0 Å². The minimum atomic E-state index is -0.112. The van der Waals surface area contributed by atoms with Crippen LogP contribution in [-0.2, 0) is 9.53 Å². The number of rotatable bonds is 5.